The maximum absolute atomic E-state index is 10.7. The van der Waals surface area contributed by atoms with Gasteiger partial charge in [-0.25, -0.2) is 4.79 Å². The molecule has 0 heterocycles. The van der Waals surface area contributed by atoms with E-state index >= 15 is 0 Å². The van der Waals surface area contributed by atoms with Crippen molar-refractivity contribution in [2.45, 2.75) is 52.4 Å². The number of hydrogen-bond acceptors (Lipinski definition) is 2. The molecular formula is C18H26O3. The third-order valence-electron chi connectivity index (χ3n) is 3.29. The van der Waals surface area contributed by atoms with Crippen molar-refractivity contribution in [1.29, 1.82) is 0 Å². The van der Waals surface area contributed by atoms with Crippen molar-refractivity contribution < 1.29 is 14.6 Å². The Morgan fingerprint density at radius 2 is 2.00 bits per heavy atom. The van der Waals surface area contributed by atoms with E-state index in [1.165, 1.54) is 25.3 Å². The van der Waals surface area contributed by atoms with E-state index in [0.29, 0.717) is 6.61 Å². The minimum Gasteiger partial charge on any atom is -0.494 e. The van der Waals surface area contributed by atoms with Gasteiger partial charge >= 0.3 is 5.97 Å². The average Bonchev–Trinajstić information content (AvgIpc) is 2.48. The molecule has 3 nitrogen and oxygen atoms in total. The van der Waals surface area contributed by atoms with Gasteiger partial charge in [-0.05, 0) is 48.6 Å². The summed E-state index contributed by atoms with van der Waals surface area (Å²) in [6.45, 7) is 4.98. The second-order valence-electron chi connectivity index (χ2n) is 5.19. The molecule has 116 valence electrons. The predicted octanol–water partition coefficient (Wildman–Crippen LogP) is 4.70. The van der Waals surface area contributed by atoms with Crippen LogP contribution in [0.25, 0.3) is 6.08 Å². The van der Waals surface area contributed by atoms with Gasteiger partial charge in [0.05, 0.1) is 6.61 Å². The number of aliphatic carboxylic acids is 1. The minimum absolute atomic E-state index is 0.708. The molecule has 0 fully saturated rings. The van der Waals surface area contributed by atoms with E-state index in [9.17, 15) is 4.79 Å². The van der Waals surface area contributed by atoms with Crippen LogP contribution in [0.1, 0.15) is 57.1 Å². The number of ether oxygens (including phenoxy) is 1. The summed E-state index contributed by atoms with van der Waals surface area (Å²) in [6, 6.07) is 5.90. The van der Waals surface area contributed by atoms with E-state index in [4.69, 9.17) is 9.84 Å². The zero-order valence-corrected chi connectivity index (χ0v) is 13.1. The largest absolute Gasteiger partial charge is 0.494 e. The molecule has 3 heteroatoms. The highest BCUT2D eigenvalue weighted by Gasteiger charge is 2.04. The lowest BCUT2D eigenvalue weighted by atomic mass is 10.00. The summed E-state index contributed by atoms with van der Waals surface area (Å²) in [4.78, 5) is 10.7. The second-order valence-corrected chi connectivity index (χ2v) is 5.19. The number of aryl methyl sites for hydroxylation is 1. The molecule has 0 aliphatic carbocycles. The van der Waals surface area contributed by atoms with Gasteiger partial charge in [0.2, 0.25) is 0 Å². The minimum atomic E-state index is -0.918. The number of benzene rings is 1. The molecule has 1 N–H and O–H groups in total. The zero-order valence-electron chi connectivity index (χ0n) is 13.1. The summed E-state index contributed by atoms with van der Waals surface area (Å²) in [5.41, 5.74) is 2.13. The molecule has 0 bridgehead atoms. The van der Waals surface area contributed by atoms with Gasteiger partial charge in [0.25, 0.3) is 0 Å². The van der Waals surface area contributed by atoms with Gasteiger partial charge in [0, 0.05) is 6.08 Å². The number of carboxylic acid groups (broad SMARTS) is 1. The van der Waals surface area contributed by atoms with Crippen molar-refractivity contribution in [3.8, 4) is 5.75 Å². The van der Waals surface area contributed by atoms with Gasteiger partial charge in [-0.3, -0.25) is 0 Å². The first-order valence-corrected chi connectivity index (χ1v) is 7.84. The van der Waals surface area contributed by atoms with Crippen LogP contribution in [0.4, 0.5) is 0 Å². The van der Waals surface area contributed by atoms with Crippen molar-refractivity contribution in [1.82, 2.24) is 0 Å². The molecule has 0 aromatic heterocycles. The molecular weight excluding hydrogens is 264 g/mol. The standard InChI is InChI=1S/C18H26O3/c1-3-5-6-7-8-16-14-17(21-13-4-2)11-9-15(16)10-12-18(19)20/h9-12,14H,3-8,13H2,1-2H3,(H,19,20). The van der Waals surface area contributed by atoms with Crippen LogP contribution in [0, 0.1) is 0 Å². The van der Waals surface area contributed by atoms with E-state index in [1.807, 2.05) is 18.2 Å². The molecule has 0 spiro atoms. The third kappa shape index (κ3) is 6.98. The SMILES string of the molecule is CCCCCCc1cc(OCCC)ccc1C=CC(=O)O. The van der Waals surface area contributed by atoms with Crippen LogP contribution in [0.15, 0.2) is 24.3 Å². The normalized spacial score (nSPS) is 11.0. The fraction of sp³-hybridized carbons (Fsp3) is 0.500. The fourth-order valence-electron chi connectivity index (χ4n) is 2.17. The Morgan fingerprint density at radius 3 is 2.67 bits per heavy atom. The Kier molecular flexibility index (Phi) is 8.25. The van der Waals surface area contributed by atoms with E-state index in [-0.39, 0.29) is 0 Å². The van der Waals surface area contributed by atoms with Gasteiger partial charge in [-0.2, -0.15) is 0 Å². The number of unbranched alkanes of at least 4 members (excludes halogenated alkanes) is 3. The van der Waals surface area contributed by atoms with Crippen LogP contribution < -0.4 is 4.74 Å². The quantitative estimate of drug-likeness (QED) is 0.502. The molecule has 1 rings (SSSR count). The Labute approximate surface area is 127 Å². The molecule has 1 aromatic rings. The maximum atomic E-state index is 10.7. The topological polar surface area (TPSA) is 46.5 Å². The average molecular weight is 290 g/mol. The molecule has 21 heavy (non-hydrogen) atoms. The van der Waals surface area contributed by atoms with Crippen LogP contribution in [0.3, 0.4) is 0 Å². The summed E-state index contributed by atoms with van der Waals surface area (Å²) >= 11 is 0. The molecule has 0 saturated carbocycles. The number of carboxylic acids is 1. The van der Waals surface area contributed by atoms with Crippen molar-refractivity contribution in [2.75, 3.05) is 6.61 Å². The first kappa shape index (κ1) is 17.3. The van der Waals surface area contributed by atoms with Gasteiger partial charge in [0.15, 0.2) is 0 Å². The molecule has 0 radical (unpaired) electrons. The van der Waals surface area contributed by atoms with Crippen molar-refractivity contribution in [3.05, 3.63) is 35.4 Å². The second kappa shape index (κ2) is 10.0. The molecule has 0 aliphatic rings. The lowest BCUT2D eigenvalue weighted by Crippen LogP contribution is -1.98. The van der Waals surface area contributed by atoms with Crippen LogP contribution in [-0.4, -0.2) is 17.7 Å². The summed E-state index contributed by atoms with van der Waals surface area (Å²) < 4.78 is 5.66. The molecule has 1 aromatic carbocycles. The Bertz CT molecular complexity index is 464. The molecule has 0 saturated heterocycles. The highest BCUT2D eigenvalue weighted by atomic mass is 16.5. The third-order valence-corrected chi connectivity index (χ3v) is 3.29. The highest BCUT2D eigenvalue weighted by molar-refractivity contribution is 5.85. The fourth-order valence-corrected chi connectivity index (χ4v) is 2.17. The van der Waals surface area contributed by atoms with Gasteiger partial charge < -0.3 is 9.84 Å². The van der Waals surface area contributed by atoms with Crippen molar-refractivity contribution in [3.63, 3.8) is 0 Å². The smallest absolute Gasteiger partial charge is 0.328 e. The lowest BCUT2D eigenvalue weighted by molar-refractivity contribution is -0.131. The van der Waals surface area contributed by atoms with Gasteiger partial charge in [0.1, 0.15) is 5.75 Å². The predicted molar refractivity (Wildman–Crippen MR) is 86.7 cm³/mol. The molecule has 0 unspecified atom stereocenters. The Balaban J connectivity index is 2.81. The highest BCUT2D eigenvalue weighted by Crippen LogP contribution is 2.22. The number of carbonyl (C=O) groups is 1. The summed E-state index contributed by atoms with van der Waals surface area (Å²) in [5.74, 6) is -0.0481. The van der Waals surface area contributed by atoms with E-state index < -0.39 is 5.97 Å². The van der Waals surface area contributed by atoms with Crippen molar-refractivity contribution >= 4 is 12.0 Å². The van der Waals surface area contributed by atoms with Crippen molar-refractivity contribution in [2.24, 2.45) is 0 Å². The maximum Gasteiger partial charge on any atom is 0.328 e. The molecule has 0 atom stereocenters. The molecule has 0 aliphatic heterocycles. The zero-order chi connectivity index (χ0) is 15.5. The summed E-state index contributed by atoms with van der Waals surface area (Å²) in [6.07, 6.45) is 9.59. The Morgan fingerprint density at radius 1 is 1.19 bits per heavy atom. The van der Waals surface area contributed by atoms with E-state index in [1.54, 1.807) is 6.08 Å². The van der Waals surface area contributed by atoms with Crippen LogP contribution in [0.5, 0.6) is 5.75 Å². The lowest BCUT2D eigenvalue weighted by Gasteiger charge is -2.10. The van der Waals surface area contributed by atoms with Gasteiger partial charge in [-0.15, -0.1) is 0 Å². The number of rotatable bonds is 10. The Hall–Kier alpha value is -1.77. The first-order chi connectivity index (χ1) is 10.2. The van der Waals surface area contributed by atoms with Crippen LogP contribution >= 0.6 is 0 Å². The number of hydrogen-bond donors (Lipinski definition) is 1. The van der Waals surface area contributed by atoms with Gasteiger partial charge in [-0.1, -0.05) is 39.2 Å². The van der Waals surface area contributed by atoms with E-state index in [2.05, 4.69) is 13.8 Å². The van der Waals surface area contributed by atoms with E-state index in [0.717, 1.165) is 36.1 Å². The first-order valence-electron chi connectivity index (χ1n) is 7.84. The molecule has 0 amide bonds. The summed E-state index contributed by atoms with van der Waals surface area (Å²) in [5, 5.41) is 8.77. The summed E-state index contributed by atoms with van der Waals surface area (Å²) in [7, 11) is 0. The van der Waals surface area contributed by atoms with Crippen LogP contribution in [-0.2, 0) is 11.2 Å². The van der Waals surface area contributed by atoms with Crippen LogP contribution in [0.2, 0.25) is 0 Å². The monoisotopic (exact) mass is 290 g/mol.